The van der Waals surface area contributed by atoms with Crippen molar-refractivity contribution in [1.82, 2.24) is 4.90 Å². The monoisotopic (exact) mass is 291 g/mol. The zero-order valence-corrected chi connectivity index (χ0v) is 13.6. The minimum Gasteiger partial charge on any atom is -0.497 e. The Bertz CT molecular complexity index is 485. The van der Waals surface area contributed by atoms with Gasteiger partial charge in [0, 0.05) is 17.6 Å². The summed E-state index contributed by atoms with van der Waals surface area (Å²) in [5.41, 5.74) is 0.156. The van der Waals surface area contributed by atoms with Crippen LogP contribution < -0.4 is 4.74 Å². The molecule has 1 aliphatic rings. The number of ether oxygens (including phenoxy) is 2. The number of morpholine rings is 1. The van der Waals surface area contributed by atoms with Crippen LogP contribution in [0, 0.1) is 0 Å². The van der Waals surface area contributed by atoms with E-state index in [0.717, 1.165) is 5.75 Å². The van der Waals surface area contributed by atoms with Gasteiger partial charge in [-0.2, -0.15) is 0 Å². The van der Waals surface area contributed by atoms with E-state index in [1.54, 1.807) is 7.11 Å². The molecule has 0 amide bonds. The number of Topliss-reactive ketones (excluding diaryl/α,β-unsaturated/α-hetero) is 1. The Morgan fingerprint density at radius 1 is 1.19 bits per heavy atom. The standard InChI is InChI=1S/C17H25NO3/c1-12-10-21-11-13(2)18(12)17(3,4)16(19)14-6-8-15(20-5)9-7-14/h6-9,12-13H,10-11H2,1-5H3. The van der Waals surface area contributed by atoms with Gasteiger partial charge < -0.3 is 9.47 Å². The van der Waals surface area contributed by atoms with Crippen molar-refractivity contribution in [2.75, 3.05) is 20.3 Å². The highest BCUT2D eigenvalue weighted by Gasteiger charge is 2.42. The van der Waals surface area contributed by atoms with E-state index in [-0.39, 0.29) is 17.9 Å². The highest BCUT2D eigenvalue weighted by Crippen LogP contribution is 2.28. The molecule has 2 rings (SSSR count). The van der Waals surface area contributed by atoms with Gasteiger partial charge in [-0.3, -0.25) is 9.69 Å². The fourth-order valence-corrected chi connectivity index (χ4v) is 3.32. The molecule has 0 aromatic heterocycles. The molecule has 0 aliphatic carbocycles. The molecule has 0 bridgehead atoms. The molecule has 0 radical (unpaired) electrons. The van der Waals surface area contributed by atoms with Crippen LogP contribution in [0.1, 0.15) is 38.1 Å². The van der Waals surface area contributed by atoms with Crippen molar-refractivity contribution in [3.8, 4) is 5.75 Å². The van der Waals surface area contributed by atoms with E-state index in [9.17, 15) is 4.79 Å². The van der Waals surface area contributed by atoms with Crippen molar-refractivity contribution in [1.29, 1.82) is 0 Å². The number of carbonyl (C=O) groups excluding carboxylic acids is 1. The van der Waals surface area contributed by atoms with E-state index in [0.29, 0.717) is 18.8 Å². The molecule has 1 aliphatic heterocycles. The Morgan fingerprint density at radius 3 is 2.19 bits per heavy atom. The second-order valence-corrected chi connectivity index (χ2v) is 6.26. The van der Waals surface area contributed by atoms with Crippen molar-refractivity contribution < 1.29 is 14.3 Å². The third-order valence-electron chi connectivity index (χ3n) is 4.22. The number of rotatable bonds is 4. The summed E-state index contributed by atoms with van der Waals surface area (Å²) in [4.78, 5) is 15.2. The summed E-state index contributed by atoms with van der Waals surface area (Å²) < 4.78 is 10.7. The molecule has 1 fully saturated rings. The van der Waals surface area contributed by atoms with Crippen LogP contribution in [0.4, 0.5) is 0 Å². The zero-order valence-electron chi connectivity index (χ0n) is 13.6. The second-order valence-electron chi connectivity index (χ2n) is 6.26. The predicted octanol–water partition coefficient (Wildman–Crippen LogP) is 2.77. The third-order valence-corrected chi connectivity index (χ3v) is 4.22. The maximum atomic E-state index is 12.9. The number of carbonyl (C=O) groups is 1. The predicted molar refractivity (Wildman–Crippen MR) is 83.0 cm³/mol. The lowest BCUT2D eigenvalue weighted by molar-refractivity contribution is -0.0727. The molecule has 0 spiro atoms. The summed E-state index contributed by atoms with van der Waals surface area (Å²) in [7, 11) is 1.62. The number of benzene rings is 1. The van der Waals surface area contributed by atoms with Gasteiger partial charge in [0.15, 0.2) is 5.78 Å². The van der Waals surface area contributed by atoms with Crippen molar-refractivity contribution >= 4 is 5.78 Å². The Morgan fingerprint density at radius 2 is 1.71 bits per heavy atom. The summed E-state index contributed by atoms with van der Waals surface area (Å²) in [6, 6.07) is 7.78. The highest BCUT2D eigenvalue weighted by molar-refractivity contribution is 6.02. The van der Waals surface area contributed by atoms with E-state index >= 15 is 0 Å². The molecule has 2 unspecified atom stereocenters. The number of ketones is 1. The Hall–Kier alpha value is -1.39. The van der Waals surface area contributed by atoms with Gasteiger partial charge >= 0.3 is 0 Å². The molecule has 4 nitrogen and oxygen atoms in total. The summed E-state index contributed by atoms with van der Waals surface area (Å²) >= 11 is 0. The smallest absolute Gasteiger partial charge is 0.182 e. The fraction of sp³-hybridized carbons (Fsp3) is 0.588. The molecule has 2 atom stereocenters. The molecule has 1 aromatic carbocycles. The average molecular weight is 291 g/mol. The van der Waals surface area contributed by atoms with E-state index in [1.165, 1.54) is 0 Å². The van der Waals surface area contributed by atoms with Gasteiger partial charge in [-0.15, -0.1) is 0 Å². The molecule has 116 valence electrons. The van der Waals surface area contributed by atoms with Crippen molar-refractivity contribution in [2.24, 2.45) is 0 Å². The Labute approximate surface area is 127 Å². The first-order valence-corrected chi connectivity index (χ1v) is 7.43. The Kier molecular flexibility index (Phi) is 4.69. The molecule has 1 saturated heterocycles. The normalized spacial score (nSPS) is 23.9. The summed E-state index contributed by atoms with van der Waals surface area (Å²) in [5.74, 6) is 0.892. The maximum absolute atomic E-state index is 12.9. The van der Waals surface area contributed by atoms with Gasteiger partial charge in [0.25, 0.3) is 0 Å². The molecule has 0 N–H and O–H groups in total. The van der Waals surface area contributed by atoms with E-state index in [1.807, 2.05) is 38.1 Å². The van der Waals surface area contributed by atoms with Crippen LogP contribution in [-0.4, -0.2) is 48.6 Å². The minimum atomic E-state index is -0.558. The van der Waals surface area contributed by atoms with Gasteiger partial charge in [-0.05, 0) is 52.0 Å². The van der Waals surface area contributed by atoms with E-state index in [2.05, 4.69) is 18.7 Å². The molecule has 1 heterocycles. The summed E-state index contributed by atoms with van der Waals surface area (Å²) in [5, 5.41) is 0. The zero-order chi connectivity index (χ0) is 15.6. The number of hydrogen-bond donors (Lipinski definition) is 0. The Balaban J connectivity index is 2.26. The van der Waals surface area contributed by atoms with Crippen LogP contribution in [0.5, 0.6) is 5.75 Å². The van der Waals surface area contributed by atoms with Crippen molar-refractivity contribution in [3.63, 3.8) is 0 Å². The van der Waals surface area contributed by atoms with Crippen LogP contribution in [0.15, 0.2) is 24.3 Å². The summed E-state index contributed by atoms with van der Waals surface area (Å²) in [6.07, 6.45) is 0. The molecule has 21 heavy (non-hydrogen) atoms. The van der Waals surface area contributed by atoms with Gasteiger partial charge in [0.2, 0.25) is 0 Å². The van der Waals surface area contributed by atoms with Gasteiger partial charge in [0.1, 0.15) is 5.75 Å². The lowest BCUT2D eigenvalue weighted by Crippen LogP contribution is -2.62. The first kappa shape index (κ1) is 16.0. The van der Waals surface area contributed by atoms with Crippen LogP contribution >= 0.6 is 0 Å². The van der Waals surface area contributed by atoms with Crippen LogP contribution in [-0.2, 0) is 4.74 Å². The van der Waals surface area contributed by atoms with Gasteiger partial charge in [-0.25, -0.2) is 0 Å². The SMILES string of the molecule is COc1ccc(C(=O)C(C)(C)N2C(C)COCC2C)cc1. The number of nitrogens with zero attached hydrogens (tertiary/aromatic N) is 1. The molecular weight excluding hydrogens is 266 g/mol. The van der Waals surface area contributed by atoms with Gasteiger partial charge in [-0.1, -0.05) is 0 Å². The fourth-order valence-electron chi connectivity index (χ4n) is 3.32. The first-order valence-electron chi connectivity index (χ1n) is 7.43. The minimum absolute atomic E-state index is 0.130. The van der Waals surface area contributed by atoms with E-state index < -0.39 is 5.54 Å². The van der Waals surface area contributed by atoms with Crippen molar-refractivity contribution in [2.45, 2.75) is 45.3 Å². The van der Waals surface area contributed by atoms with Crippen LogP contribution in [0.25, 0.3) is 0 Å². The van der Waals surface area contributed by atoms with Crippen LogP contribution in [0.3, 0.4) is 0 Å². The topological polar surface area (TPSA) is 38.8 Å². The number of methoxy groups -OCH3 is 1. The summed E-state index contributed by atoms with van der Waals surface area (Å²) in [6.45, 7) is 9.56. The largest absolute Gasteiger partial charge is 0.497 e. The highest BCUT2D eigenvalue weighted by atomic mass is 16.5. The maximum Gasteiger partial charge on any atom is 0.182 e. The average Bonchev–Trinajstić information content (AvgIpc) is 2.46. The quantitative estimate of drug-likeness (QED) is 0.800. The molecule has 0 saturated carbocycles. The van der Waals surface area contributed by atoms with E-state index in [4.69, 9.17) is 9.47 Å². The second kappa shape index (κ2) is 6.16. The lowest BCUT2D eigenvalue weighted by Gasteiger charge is -2.47. The van der Waals surface area contributed by atoms with Crippen molar-refractivity contribution in [3.05, 3.63) is 29.8 Å². The van der Waals surface area contributed by atoms with Crippen LogP contribution in [0.2, 0.25) is 0 Å². The number of hydrogen-bond acceptors (Lipinski definition) is 4. The van der Waals surface area contributed by atoms with Gasteiger partial charge in [0.05, 0.1) is 25.9 Å². The lowest BCUT2D eigenvalue weighted by atomic mass is 9.88. The third kappa shape index (κ3) is 3.11. The molecule has 1 aromatic rings. The molecule has 4 heteroatoms. The first-order chi connectivity index (χ1) is 9.87. The molecular formula is C17H25NO3.